The minimum absolute atomic E-state index is 0.0280. The molecular formula is C14H14BrNO2S. The second-order valence-corrected chi connectivity index (χ2v) is 6.94. The highest BCUT2D eigenvalue weighted by Gasteiger charge is 2.13. The van der Waals surface area contributed by atoms with E-state index in [0.29, 0.717) is 5.69 Å². The summed E-state index contributed by atoms with van der Waals surface area (Å²) in [6.07, 6.45) is 0. The molecule has 0 aliphatic carbocycles. The highest BCUT2D eigenvalue weighted by atomic mass is 79.9. The van der Waals surface area contributed by atoms with Crippen LogP contribution >= 0.6 is 15.9 Å². The molecular weight excluding hydrogens is 326 g/mol. The van der Waals surface area contributed by atoms with Crippen LogP contribution in [0.25, 0.3) is 0 Å². The van der Waals surface area contributed by atoms with Crippen molar-refractivity contribution in [3.63, 3.8) is 0 Å². The fourth-order valence-corrected chi connectivity index (χ4v) is 3.32. The van der Waals surface area contributed by atoms with Gasteiger partial charge in [-0.25, -0.2) is 8.42 Å². The van der Waals surface area contributed by atoms with Gasteiger partial charge in [-0.15, -0.1) is 0 Å². The van der Waals surface area contributed by atoms with Crippen molar-refractivity contribution in [3.05, 3.63) is 64.1 Å². The molecule has 0 fully saturated rings. The third kappa shape index (κ3) is 4.08. The van der Waals surface area contributed by atoms with E-state index in [-0.39, 0.29) is 5.75 Å². The number of hydrogen-bond donors (Lipinski definition) is 1. The molecule has 0 aromatic heterocycles. The molecule has 0 spiro atoms. The van der Waals surface area contributed by atoms with Crippen molar-refractivity contribution in [1.29, 1.82) is 0 Å². The van der Waals surface area contributed by atoms with Gasteiger partial charge in [0.15, 0.2) is 0 Å². The molecule has 0 radical (unpaired) electrons. The van der Waals surface area contributed by atoms with Crippen molar-refractivity contribution in [1.82, 2.24) is 0 Å². The molecule has 0 aliphatic heterocycles. The monoisotopic (exact) mass is 339 g/mol. The SMILES string of the molecule is Cc1ccc(Br)cc1NS(=O)(=O)Cc1ccccc1. The maximum atomic E-state index is 12.1. The average Bonchev–Trinajstić information content (AvgIpc) is 2.34. The molecule has 19 heavy (non-hydrogen) atoms. The Bertz CT molecular complexity index is 669. The van der Waals surface area contributed by atoms with Gasteiger partial charge in [0.05, 0.1) is 11.4 Å². The van der Waals surface area contributed by atoms with Crippen molar-refractivity contribution in [2.45, 2.75) is 12.7 Å². The topological polar surface area (TPSA) is 46.2 Å². The number of nitrogens with one attached hydrogen (secondary N) is 1. The van der Waals surface area contributed by atoms with E-state index < -0.39 is 10.0 Å². The van der Waals surface area contributed by atoms with Gasteiger partial charge in [0.1, 0.15) is 0 Å². The first-order valence-electron chi connectivity index (χ1n) is 5.77. The molecule has 100 valence electrons. The molecule has 0 aliphatic rings. The summed E-state index contributed by atoms with van der Waals surface area (Å²) in [5, 5.41) is 0. The second-order valence-electron chi connectivity index (χ2n) is 4.31. The lowest BCUT2D eigenvalue weighted by Crippen LogP contribution is -2.15. The lowest BCUT2D eigenvalue weighted by molar-refractivity contribution is 0.600. The van der Waals surface area contributed by atoms with Crippen molar-refractivity contribution >= 4 is 31.6 Å². The lowest BCUT2D eigenvalue weighted by atomic mass is 10.2. The first-order chi connectivity index (χ1) is 8.96. The predicted octanol–water partition coefficient (Wildman–Crippen LogP) is 3.70. The Labute approximate surface area is 121 Å². The Balaban J connectivity index is 2.20. The highest BCUT2D eigenvalue weighted by Crippen LogP contribution is 2.22. The second kappa shape index (κ2) is 5.75. The van der Waals surface area contributed by atoms with Crippen molar-refractivity contribution in [2.24, 2.45) is 0 Å². The van der Waals surface area contributed by atoms with Crippen LogP contribution in [0.2, 0.25) is 0 Å². The molecule has 5 heteroatoms. The van der Waals surface area contributed by atoms with Crippen LogP contribution in [0.3, 0.4) is 0 Å². The summed E-state index contributed by atoms with van der Waals surface area (Å²) >= 11 is 3.34. The minimum Gasteiger partial charge on any atom is -0.283 e. The van der Waals surface area contributed by atoms with Crippen LogP contribution in [-0.4, -0.2) is 8.42 Å². The van der Waals surface area contributed by atoms with Gasteiger partial charge in [-0.3, -0.25) is 4.72 Å². The predicted molar refractivity (Wildman–Crippen MR) is 81.6 cm³/mol. The van der Waals surface area contributed by atoms with Gasteiger partial charge in [0, 0.05) is 4.47 Å². The smallest absolute Gasteiger partial charge is 0.236 e. The van der Waals surface area contributed by atoms with Crippen molar-refractivity contribution < 1.29 is 8.42 Å². The van der Waals surface area contributed by atoms with E-state index >= 15 is 0 Å². The summed E-state index contributed by atoms with van der Waals surface area (Å²) in [5.41, 5.74) is 2.26. The number of hydrogen-bond acceptors (Lipinski definition) is 2. The molecule has 0 saturated heterocycles. The Morgan fingerprint density at radius 1 is 1.11 bits per heavy atom. The van der Waals surface area contributed by atoms with E-state index in [1.165, 1.54) is 0 Å². The highest BCUT2D eigenvalue weighted by molar-refractivity contribution is 9.10. The summed E-state index contributed by atoms with van der Waals surface area (Å²) < 4.78 is 27.7. The van der Waals surface area contributed by atoms with Gasteiger partial charge in [-0.1, -0.05) is 52.3 Å². The quantitative estimate of drug-likeness (QED) is 0.922. The number of halogens is 1. The number of anilines is 1. The van der Waals surface area contributed by atoms with Crippen LogP contribution in [0.5, 0.6) is 0 Å². The van der Waals surface area contributed by atoms with Crippen LogP contribution < -0.4 is 4.72 Å². The summed E-state index contributed by atoms with van der Waals surface area (Å²) in [6, 6.07) is 14.6. The van der Waals surface area contributed by atoms with Gasteiger partial charge >= 0.3 is 0 Å². The standard InChI is InChI=1S/C14H14BrNO2S/c1-11-7-8-13(15)9-14(11)16-19(17,18)10-12-5-3-2-4-6-12/h2-9,16H,10H2,1H3. The Kier molecular flexibility index (Phi) is 4.27. The van der Waals surface area contributed by atoms with Crippen LogP contribution in [0.1, 0.15) is 11.1 Å². The molecule has 0 bridgehead atoms. The van der Waals surface area contributed by atoms with E-state index in [1.54, 1.807) is 18.2 Å². The Morgan fingerprint density at radius 3 is 2.47 bits per heavy atom. The third-order valence-corrected chi connectivity index (χ3v) is 4.40. The summed E-state index contributed by atoms with van der Waals surface area (Å²) in [5.74, 6) is -0.0280. The average molecular weight is 340 g/mol. The molecule has 3 nitrogen and oxygen atoms in total. The summed E-state index contributed by atoms with van der Waals surface area (Å²) in [4.78, 5) is 0. The molecule has 0 saturated carbocycles. The number of benzene rings is 2. The number of aryl methyl sites for hydroxylation is 1. The fraction of sp³-hybridized carbons (Fsp3) is 0.143. The van der Waals surface area contributed by atoms with E-state index in [0.717, 1.165) is 15.6 Å². The van der Waals surface area contributed by atoms with Crippen LogP contribution in [-0.2, 0) is 15.8 Å². The summed E-state index contributed by atoms with van der Waals surface area (Å²) in [7, 11) is -3.40. The van der Waals surface area contributed by atoms with Crippen LogP contribution in [0, 0.1) is 6.92 Å². The molecule has 2 aromatic carbocycles. The van der Waals surface area contributed by atoms with Crippen molar-refractivity contribution in [3.8, 4) is 0 Å². The zero-order valence-corrected chi connectivity index (χ0v) is 12.8. The first kappa shape index (κ1) is 14.1. The van der Waals surface area contributed by atoms with Gasteiger partial charge in [0.25, 0.3) is 0 Å². The Hall–Kier alpha value is -1.33. The molecule has 2 aromatic rings. The summed E-state index contributed by atoms with van der Waals surface area (Å²) in [6.45, 7) is 1.87. The Morgan fingerprint density at radius 2 is 1.79 bits per heavy atom. The molecule has 0 atom stereocenters. The lowest BCUT2D eigenvalue weighted by Gasteiger charge is -2.11. The molecule has 2 rings (SSSR count). The third-order valence-electron chi connectivity index (χ3n) is 2.66. The van der Waals surface area contributed by atoms with Gasteiger partial charge in [-0.2, -0.15) is 0 Å². The zero-order chi connectivity index (χ0) is 13.9. The van der Waals surface area contributed by atoms with Crippen LogP contribution in [0.15, 0.2) is 53.0 Å². The molecule has 0 unspecified atom stereocenters. The molecule has 0 heterocycles. The molecule has 1 N–H and O–H groups in total. The van der Waals surface area contributed by atoms with E-state index in [9.17, 15) is 8.42 Å². The van der Waals surface area contributed by atoms with Gasteiger partial charge < -0.3 is 0 Å². The van der Waals surface area contributed by atoms with E-state index in [1.807, 2.05) is 37.3 Å². The maximum Gasteiger partial charge on any atom is 0.236 e. The normalized spacial score (nSPS) is 11.3. The van der Waals surface area contributed by atoms with Gasteiger partial charge in [-0.05, 0) is 30.2 Å². The van der Waals surface area contributed by atoms with Crippen molar-refractivity contribution in [2.75, 3.05) is 4.72 Å². The van der Waals surface area contributed by atoms with E-state index in [4.69, 9.17) is 0 Å². The fourth-order valence-electron chi connectivity index (χ4n) is 1.70. The van der Waals surface area contributed by atoms with Gasteiger partial charge in [0.2, 0.25) is 10.0 Å². The van der Waals surface area contributed by atoms with Crippen LogP contribution in [0.4, 0.5) is 5.69 Å². The minimum atomic E-state index is -3.40. The largest absolute Gasteiger partial charge is 0.283 e. The molecule has 0 amide bonds. The van der Waals surface area contributed by atoms with E-state index in [2.05, 4.69) is 20.7 Å². The number of sulfonamides is 1. The zero-order valence-electron chi connectivity index (χ0n) is 10.4. The maximum absolute atomic E-state index is 12.1. The first-order valence-corrected chi connectivity index (χ1v) is 8.21. The number of rotatable bonds is 4.